The highest BCUT2D eigenvalue weighted by molar-refractivity contribution is 7.23. The molecule has 2 aliphatic rings. The second kappa shape index (κ2) is 7.44. The standard InChI is InChI=1S/C23H17F3N6OS/c24-14-2-1-11(16-13(8-27)22(28)34-20(14)16)17-15(25)7-12-19-18(17)21(26)30-32(19)5-3-10-9-29-4-6-31(10)23(12)33/h1-2,7,10,29H,3-6,9,28H2. The van der Waals surface area contributed by atoms with Gasteiger partial charge >= 0.3 is 0 Å². The average molecular weight is 482 g/mol. The zero-order valence-electron chi connectivity index (χ0n) is 17.7. The van der Waals surface area contributed by atoms with Crippen molar-refractivity contribution in [1.82, 2.24) is 20.0 Å². The third-order valence-electron chi connectivity index (χ3n) is 6.64. The Morgan fingerprint density at radius 1 is 1.18 bits per heavy atom. The number of halogens is 3. The van der Waals surface area contributed by atoms with Crippen LogP contribution in [0, 0.1) is 28.9 Å². The highest BCUT2D eigenvalue weighted by Crippen LogP contribution is 2.45. The van der Waals surface area contributed by atoms with Crippen molar-refractivity contribution in [2.75, 3.05) is 25.4 Å². The molecule has 2 aliphatic heterocycles. The van der Waals surface area contributed by atoms with Crippen LogP contribution in [-0.4, -0.2) is 46.3 Å². The molecule has 3 N–H and O–H groups in total. The van der Waals surface area contributed by atoms with Crippen LogP contribution in [0.4, 0.5) is 18.2 Å². The number of aromatic nitrogens is 2. The molecule has 6 rings (SSSR count). The molecule has 2 aromatic heterocycles. The predicted molar refractivity (Wildman–Crippen MR) is 122 cm³/mol. The number of amides is 1. The SMILES string of the molecule is N#Cc1c(N)sc2c(F)ccc(-c3c(F)cc4c5c3c(F)nn5CCC3CNCCN3C4=O)c12. The second-order valence-electron chi connectivity index (χ2n) is 8.42. The number of nitrogens with two attached hydrogens (primary N) is 1. The van der Waals surface area contributed by atoms with E-state index in [4.69, 9.17) is 5.73 Å². The van der Waals surface area contributed by atoms with Crippen molar-refractivity contribution in [2.45, 2.75) is 19.0 Å². The first kappa shape index (κ1) is 20.9. The van der Waals surface area contributed by atoms with Crippen LogP contribution in [0.2, 0.25) is 0 Å². The quantitative estimate of drug-likeness (QED) is 0.432. The molecule has 0 saturated carbocycles. The van der Waals surface area contributed by atoms with E-state index < -0.39 is 17.6 Å². The number of benzene rings is 2. The fourth-order valence-electron chi connectivity index (χ4n) is 5.12. The minimum Gasteiger partial charge on any atom is -0.389 e. The van der Waals surface area contributed by atoms with Crippen molar-refractivity contribution < 1.29 is 18.0 Å². The number of nitriles is 1. The van der Waals surface area contributed by atoms with Crippen LogP contribution >= 0.6 is 11.3 Å². The number of fused-ring (bicyclic) bond motifs is 2. The van der Waals surface area contributed by atoms with E-state index in [1.807, 2.05) is 6.07 Å². The second-order valence-corrected chi connectivity index (χ2v) is 9.47. The van der Waals surface area contributed by atoms with Gasteiger partial charge in [0.1, 0.15) is 22.7 Å². The minimum atomic E-state index is -0.935. The smallest absolute Gasteiger partial charge is 0.256 e. The Hall–Kier alpha value is -3.62. The molecule has 0 bridgehead atoms. The first-order valence-corrected chi connectivity index (χ1v) is 11.5. The van der Waals surface area contributed by atoms with Crippen molar-refractivity contribution in [1.29, 1.82) is 5.26 Å². The molecule has 2 aromatic carbocycles. The van der Waals surface area contributed by atoms with Crippen molar-refractivity contribution in [3.05, 3.63) is 46.9 Å². The number of anilines is 1. The number of nitrogen functional groups attached to an aromatic ring is 1. The molecule has 1 atom stereocenters. The molecular weight excluding hydrogens is 465 g/mol. The summed E-state index contributed by atoms with van der Waals surface area (Å²) < 4.78 is 47.2. The molecule has 11 heteroatoms. The summed E-state index contributed by atoms with van der Waals surface area (Å²) >= 11 is 0.874. The Kier molecular flexibility index (Phi) is 4.59. The monoisotopic (exact) mass is 482 g/mol. The number of rotatable bonds is 1. The van der Waals surface area contributed by atoms with E-state index in [-0.39, 0.29) is 60.2 Å². The number of piperazine rings is 1. The largest absolute Gasteiger partial charge is 0.389 e. The fraction of sp³-hybridized carbons (Fsp3) is 0.261. The lowest BCUT2D eigenvalue weighted by molar-refractivity contribution is 0.0613. The van der Waals surface area contributed by atoms with Crippen LogP contribution < -0.4 is 11.1 Å². The molecule has 0 spiro atoms. The van der Waals surface area contributed by atoms with Crippen molar-refractivity contribution >= 4 is 43.2 Å². The number of aryl methyl sites for hydroxylation is 1. The molecule has 1 amide bonds. The van der Waals surface area contributed by atoms with Crippen LogP contribution in [0.25, 0.3) is 32.1 Å². The lowest BCUT2D eigenvalue weighted by atomic mass is 9.93. The minimum absolute atomic E-state index is 0.000206. The van der Waals surface area contributed by atoms with E-state index in [0.29, 0.717) is 32.6 Å². The maximum Gasteiger partial charge on any atom is 0.256 e. The van der Waals surface area contributed by atoms with E-state index in [9.17, 15) is 14.4 Å². The Labute approximate surface area is 195 Å². The zero-order chi connectivity index (χ0) is 23.7. The molecule has 7 nitrogen and oxygen atoms in total. The van der Waals surface area contributed by atoms with Gasteiger partial charge in [0.2, 0.25) is 5.95 Å². The van der Waals surface area contributed by atoms with Crippen LogP contribution in [0.3, 0.4) is 0 Å². The molecule has 4 aromatic rings. The van der Waals surface area contributed by atoms with Gasteiger partial charge in [-0.3, -0.25) is 9.48 Å². The first-order chi connectivity index (χ1) is 16.4. The van der Waals surface area contributed by atoms with E-state index in [1.165, 1.54) is 10.7 Å². The van der Waals surface area contributed by atoms with Crippen molar-refractivity contribution in [2.24, 2.45) is 0 Å². The third kappa shape index (κ3) is 2.79. The summed E-state index contributed by atoms with van der Waals surface area (Å²) in [6.45, 7) is 2.01. The number of carbonyl (C=O) groups is 1. The summed E-state index contributed by atoms with van der Waals surface area (Å²) in [5, 5.41) is 16.9. The van der Waals surface area contributed by atoms with E-state index in [0.717, 1.165) is 23.5 Å². The van der Waals surface area contributed by atoms with E-state index in [2.05, 4.69) is 10.4 Å². The van der Waals surface area contributed by atoms with E-state index >= 15 is 8.78 Å². The van der Waals surface area contributed by atoms with Crippen LogP contribution in [0.15, 0.2) is 18.2 Å². The van der Waals surface area contributed by atoms with Crippen LogP contribution in [0.5, 0.6) is 0 Å². The van der Waals surface area contributed by atoms with Gasteiger partial charge < -0.3 is 16.0 Å². The number of carbonyl (C=O) groups excluding carboxylic acids is 1. The van der Waals surface area contributed by atoms with Gasteiger partial charge in [-0.15, -0.1) is 16.4 Å². The number of nitrogens with zero attached hydrogens (tertiary/aromatic N) is 4. The summed E-state index contributed by atoms with van der Waals surface area (Å²) in [6, 6.07) is 5.38. The Balaban J connectivity index is 1.69. The molecule has 1 unspecified atom stereocenters. The molecule has 1 saturated heterocycles. The summed E-state index contributed by atoms with van der Waals surface area (Å²) in [5.74, 6) is -2.79. The highest BCUT2D eigenvalue weighted by atomic mass is 32.1. The third-order valence-corrected chi connectivity index (χ3v) is 7.67. The average Bonchev–Trinajstić information content (AvgIpc) is 3.34. The van der Waals surface area contributed by atoms with Gasteiger partial charge in [0, 0.05) is 43.2 Å². The maximum atomic E-state index is 15.8. The normalized spacial score (nSPS) is 18.1. The molecule has 34 heavy (non-hydrogen) atoms. The predicted octanol–water partition coefficient (Wildman–Crippen LogP) is 3.61. The molecule has 172 valence electrons. The lowest BCUT2D eigenvalue weighted by Gasteiger charge is -2.37. The number of hydrogen-bond donors (Lipinski definition) is 2. The van der Waals surface area contributed by atoms with Gasteiger partial charge in [0.05, 0.1) is 26.7 Å². The Morgan fingerprint density at radius 2 is 2.00 bits per heavy atom. The molecule has 4 heterocycles. The summed E-state index contributed by atoms with van der Waals surface area (Å²) in [4.78, 5) is 15.1. The molecule has 0 radical (unpaired) electrons. The topological polar surface area (TPSA) is 100.0 Å². The van der Waals surface area contributed by atoms with Gasteiger partial charge in [-0.1, -0.05) is 6.07 Å². The van der Waals surface area contributed by atoms with Crippen LogP contribution in [0.1, 0.15) is 22.3 Å². The summed E-state index contributed by atoms with van der Waals surface area (Å²) in [5.41, 5.74) is 6.10. The fourth-order valence-corrected chi connectivity index (χ4v) is 6.07. The number of thiophene rings is 1. The molecule has 1 fully saturated rings. The Morgan fingerprint density at radius 3 is 2.79 bits per heavy atom. The zero-order valence-corrected chi connectivity index (χ0v) is 18.5. The first-order valence-electron chi connectivity index (χ1n) is 10.7. The van der Waals surface area contributed by atoms with E-state index in [1.54, 1.807) is 4.90 Å². The van der Waals surface area contributed by atoms with Gasteiger partial charge in [-0.05, 0) is 24.1 Å². The highest BCUT2D eigenvalue weighted by Gasteiger charge is 2.35. The van der Waals surface area contributed by atoms with Gasteiger partial charge in [0.15, 0.2) is 0 Å². The van der Waals surface area contributed by atoms with Gasteiger partial charge in [-0.2, -0.15) is 9.65 Å². The lowest BCUT2D eigenvalue weighted by Crippen LogP contribution is -2.54. The Bertz CT molecular complexity index is 1570. The summed E-state index contributed by atoms with van der Waals surface area (Å²) in [6.07, 6.45) is 0.557. The molecular formula is C23H17F3N6OS. The van der Waals surface area contributed by atoms with Gasteiger partial charge in [0.25, 0.3) is 5.91 Å². The van der Waals surface area contributed by atoms with Crippen molar-refractivity contribution in [3.63, 3.8) is 0 Å². The molecule has 0 aliphatic carbocycles. The number of hydrogen-bond acceptors (Lipinski definition) is 6. The maximum absolute atomic E-state index is 15.8. The summed E-state index contributed by atoms with van der Waals surface area (Å²) in [7, 11) is 0. The van der Waals surface area contributed by atoms with Crippen LogP contribution in [-0.2, 0) is 6.54 Å². The van der Waals surface area contributed by atoms with Crippen molar-refractivity contribution in [3.8, 4) is 17.2 Å². The number of nitrogens with one attached hydrogen (secondary N) is 1. The van der Waals surface area contributed by atoms with Gasteiger partial charge in [-0.25, -0.2) is 8.78 Å².